The molecule has 1 saturated heterocycles. The Kier molecular flexibility index (Phi) is 6.83. The van der Waals surface area contributed by atoms with Crippen LogP contribution in [0.5, 0.6) is 0 Å². The number of piperidine rings is 1. The SMILES string of the molecule is Cc1cc(Cn2c(=O)c3c(ncn3CC(=O)Nc3cccc(N4CCC(C(C)(C)F)CC4)n3)n(C)c2=O)no1. The minimum Gasteiger partial charge on any atom is -0.361 e. The Hall–Kier alpha value is -4.29. The lowest BCUT2D eigenvalue weighted by Gasteiger charge is -2.37. The molecule has 4 aromatic heterocycles. The monoisotopic (exact) mass is 538 g/mol. The molecule has 1 amide bonds. The van der Waals surface area contributed by atoms with E-state index in [0.717, 1.165) is 17.4 Å². The Morgan fingerprint density at radius 1 is 1.23 bits per heavy atom. The lowest BCUT2D eigenvalue weighted by atomic mass is 9.84. The number of carbonyl (C=O) groups excluding carboxylic acids is 1. The third-order valence-electron chi connectivity index (χ3n) is 7.20. The molecule has 0 aliphatic carbocycles. The average Bonchev–Trinajstić information content (AvgIpc) is 3.51. The molecule has 1 fully saturated rings. The number of fused-ring (bicyclic) bond motifs is 1. The van der Waals surface area contributed by atoms with Crippen molar-refractivity contribution in [2.24, 2.45) is 13.0 Å². The second-order valence-electron chi connectivity index (χ2n) is 10.5. The van der Waals surface area contributed by atoms with E-state index < -0.39 is 22.8 Å². The van der Waals surface area contributed by atoms with E-state index in [9.17, 15) is 18.8 Å². The number of alkyl halides is 1. The normalized spacial score (nSPS) is 14.7. The van der Waals surface area contributed by atoms with Gasteiger partial charge in [0.15, 0.2) is 11.2 Å². The van der Waals surface area contributed by atoms with Crippen molar-refractivity contribution in [1.82, 2.24) is 28.8 Å². The van der Waals surface area contributed by atoms with Crippen LogP contribution >= 0.6 is 0 Å². The van der Waals surface area contributed by atoms with Gasteiger partial charge < -0.3 is 19.3 Å². The number of aryl methyl sites for hydroxylation is 2. The molecule has 4 aromatic rings. The molecule has 0 bridgehead atoms. The summed E-state index contributed by atoms with van der Waals surface area (Å²) in [7, 11) is 1.51. The number of nitrogens with one attached hydrogen (secondary N) is 1. The van der Waals surface area contributed by atoms with E-state index >= 15 is 0 Å². The second kappa shape index (κ2) is 10.1. The zero-order chi connectivity index (χ0) is 27.9. The molecule has 0 spiro atoms. The van der Waals surface area contributed by atoms with Crippen molar-refractivity contribution < 1.29 is 13.7 Å². The highest BCUT2D eigenvalue weighted by Crippen LogP contribution is 2.32. The van der Waals surface area contributed by atoms with E-state index in [1.807, 2.05) is 6.07 Å². The number of hydrogen-bond acceptors (Lipinski definition) is 8. The smallest absolute Gasteiger partial charge is 0.332 e. The predicted molar refractivity (Wildman–Crippen MR) is 143 cm³/mol. The highest BCUT2D eigenvalue weighted by molar-refractivity contribution is 5.90. The van der Waals surface area contributed by atoms with Crippen molar-refractivity contribution in [3.8, 4) is 0 Å². The van der Waals surface area contributed by atoms with E-state index in [1.54, 1.807) is 39.0 Å². The van der Waals surface area contributed by atoms with Gasteiger partial charge in [-0.05, 0) is 51.7 Å². The molecule has 12 nitrogen and oxygen atoms in total. The van der Waals surface area contributed by atoms with Gasteiger partial charge in [-0.15, -0.1) is 0 Å². The molecule has 0 radical (unpaired) electrons. The van der Waals surface area contributed by atoms with Gasteiger partial charge in [-0.1, -0.05) is 11.2 Å². The van der Waals surface area contributed by atoms with E-state index in [4.69, 9.17) is 4.52 Å². The van der Waals surface area contributed by atoms with Crippen LogP contribution in [-0.2, 0) is 24.9 Å². The van der Waals surface area contributed by atoms with E-state index in [0.29, 0.717) is 36.2 Å². The number of rotatable bonds is 7. The number of aromatic nitrogens is 6. The molecule has 5 heterocycles. The lowest BCUT2D eigenvalue weighted by molar-refractivity contribution is -0.116. The maximum Gasteiger partial charge on any atom is 0.332 e. The molecule has 0 saturated carbocycles. The van der Waals surface area contributed by atoms with Crippen molar-refractivity contribution in [3.63, 3.8) is 0 Å². The summed E-state index contributed by atoms with van der Waals surface area (Å²) in [6.45, 7) is 6.04. The Morgan fingerprint density at radius 2 is 1.97 bits per heavy atom. The molecule has 0 unspecified atom stereocenters. The van der Waals surface area contributed by atoms with Gasteiger partial charge in [-0.3, -0.25) is 18.7 Å². The quantitative estimate of drug-likeness (QED) is 0.379. The highest BCUT2D eigenvalue weighted by Gasteiger charge is 2.32. The first-order valence-corrected chi connectivity index (χ1v) is 12.8. The van der Waals surface area contributed by atoms with Crippen molar-refractivity contribution >= 4 is 28.7 Å². The van der Waals surface area contributed by atoms with Gasteiger partial charge in [-0.25, -0.2) is 19.2 Å². The molecular weight excluding hydrogens is 507 g/mol. The number of amides is 1. The number of carbonyl (C=O) groups is 1. The Morgan fingerprint density at radius 3 is 2.64 bits per heavy atom. The molecule has 1 aliphatic rings. The van der Waals surface area contributed by atoms with Crippen LogP contribution in [0, 0.1) is 12.8 Å². The molecular formula is C26H31FN8O4. The Balaban J connectivity index is 1.33. The minimum absolute atomic E-state index is 0.00536. The second-order valence-corrected chi connectivity index (χ2v) is 10.5. The molecule has 1 aliphatic heterocycles. The van der Waals surface area contributed by atoms with Gasteiger partial charge in [-0.2, -0.15) is 0 Å². The van der Waals surface area contributed by atoms with Crippen LogP contribution in [0.1, 0.15) is 38.1 Å². The van der Waals surface area contributed by atoms with Gasteiger partial charge in [0.1, 0.15) is 35.3 Å². The molecule has 206 valence electrons. The van der Waals surface area contributed by atoms with Gasteiger partial charge in [0.05, 0.1) is 12.9 Å². The van der Waals surface area contributed by atoms with Crippen LogP contribution in [-0.4, -0.2) is 53.5 Å². The molecule has 5 rings (SSSR count). The number of hydrogen-bond donors (Lipinski definition) is 1. The van der Waals surface area contributed by atoms with Crippen LogP contribution in [0.25, 0.3) is 11.2 Å². The van der Waals surface area contributed by atoms with Gasteiger partial charge in [0.25, 0.3) is 5.56 Å². The molecule has 13 heteroatoms. The highest BCUT2D eigenvalue weighted by atomic mass is 19.1. The zero-order valence-electron chi connectivity index (χ0n) is 22.3. The fraction of sp³-hybridized carbons (Fsp3) is 0.462. The minimum atomic E-state index is -1.21. The predicted octanol–water partition coefficient (Wildman–Crippen LogP) is 2.24. The molecule has 0 atom stereocenters. The third-order valence-corrected chi connectivity index (χ3v) is 7.20. The first-order chi connectivity index (χ1) is 18.5. The maximum atomic E-state index is 14.3. The summed E-state index contributed by atoms with van der Waals surface area (Å²) in [5.74, 6) is 1.22. The van der Waals surface area contributed by atoms with Gasteiger partial charge >= 0.3 is 5.69 Å². The van der Waals surface area contributed by atoms with Crippen LogP contribution in [0.15, 0.2) is 44.7 Å². The van der Waals surface area contributed by atoms with E-state index in [1.165, 1.54) is 22.5 Å². The molecule has 0 aromatic carbocycles. The van der Waals surface area contributed by atoms with Crippen LogP contribution in [0.4, 0.5) is 16.0 Å². The summed E-state index contributed by atoms with van der Waals surface area (Å²) in [6, 6.07) is 6.99. The summed E-state index contributed by atoms with van der Waals surface area (Å²) >= 11 is 0. The summed E-state index contributed by atoms with van der Waals surface area (Å²) in [4.78, 5) is 49.9. The summed E-state index contributed by atoms with van der Waals surface area (Å²) < 4.78 is 23.1. The fourth-order valence-corrected chi connectivity index (χ4v) is 5.04. The first kappa shape index (κ1) is 26.3. The van der Waals surface area contributed by atoms with Crippen molar-refractivity contribution in [3.05, 3.63) is 62.9 Å². The lowest BCUT2D eigenvalue weighted by Crippen LogP contribution is -2.40. The van der Waals surface area contributed by atoms with Crippen molar-refractivity contribution in [2.45, 2.75) is 52.4 Å². The van der Waals surface area contributed by atoms with Crippen LogP contribution < -0.4 is 21.5 Å². The fourth-order valence-electron chi connectivity index (χ4n) is 5.04. The Bertz CT molecular complexity index is 1640. The van der Waals surface area contributed by atoms with Crippen molar-refractivity contribution in [2.75, 3.05) is 23.3 Å². The number of nitrogens with zero attached hydrogens (tertiary/aromatic N) is 7. The van der Waals surface area contributed by atoms with E-state index in [2.05, 4.69) is 25.3 Å². The largest absolute Gasteiger partial charge is 0.361 e. The molecule has 39 heavy (non-hydrogen) atoms. The summed E-state index contributed by atoms with van der Waals surface area (Å²) in [5, 5.41) is 6.64. The number of anilines is 2. The van der Waals surface area contributed by atoms with Gasteiger partial charge in [0, 0.05) is 26.2 Å². The average molecular weight is 539 g/mol. The topological polar surface area (TPSA) is 133 Å². The maximum absolute atomic E-state index is 14.3. The zero-order valence-corrected chi connectivity index (χ0v) is 22.3. The summed E-state index contributed by atoms with van der Waals surface area (Å²) in [5.41, 5.74) is -1.63. The third kappa shape index (κ3) is 5.33. The van der Waals surface area contributed by atoms with Crippen LogP contribution in [0.2, 0.25) is 0 Å². The Labute approximate surface area is 223 Å². The number of pyridine rings is 1. The van der Waals surface area contributed by atoms with Gasteiger partial charge in [0.2, 0.25) is 5.91 Å². The molecule has 1 N–H and O–H groups in total. The van der Waals surface area contributed by atoms with Crippen molar-refractivity contribution in [1.29, 1.82) is 0 Å². The van der Waals surface area contributed by atoms with E-state index in [-0.39, 0.29) is 30.2 Å². The summed E-state index contributed by atoms with van der Waals surface area (Å²) in [6.07, 6.45) is 2.81. The number of halogens is 1. The number of imidazole rings is 1. The first-order valence-electron chi connectivity index (χ1n) is 12.8. The van der Waals surface area contributed by atoms with Crippen LogP contribution in [0.3, 0.4) is 0 Å². The standard InChI is InChI=1S/C26H31FN8O4/c1-16-12-18(31-39-16)13-35-24(37)22-23(32(4)25(35)38)28-15-34(22)14-21(36)30-19-6-5-7-20(29-19)33-10-8-17(9-11-33)26(2,3)27/h5-7,12,15,17H,8-11,13-14H2,1-4H3,(H,29,30,36).